The maximum absolute atomic E-state index is 13.3. The Morgan fingerprint density at radius 2 is 1.83 bits per heavy atom. The van der Waals surface area contributed by atoms with Gasteiger partial charge in [-0.25, -0.2) is 0 Å². The smallest absolute Gasteiger partial charge is 0.256 e. The van der Waals surface area contributed by atoms with Gasteiger partial charge in [0.2, 0.25) is 0 Å². The van der Waals surface area contributed by atoms with Gasteiger partial charge in [0.05, 0.1) is 19.3 Å². The van der Waals surface area contributed by atoms with E-state index in [4.69, 9.17) is 14.2 Å². The highest BCUT2D eigenvalue weighted by molar-refractivity contribution is 5.99. The molecule has 0 saturated carbocycles. The first kappa shape index (κ1) is 22.5. The molecule has 0 radical (unpaired) electrons. The molecule has 3 saturated heterocycles. The Kier molecular flexibility index (Phi) is 5.96. The molecule has 2 aromatic carbocycles. The third-order valence-corrected chi connectivity index (χ3v) is 7.52. The molecule has 2 atom stereocenters. The van der Waals surface area contributed by atoms with Gasteiger partial charge in [0.1, 0.15) is 6.17 Å². The number of hydrogen-bond acceptors (Lipinski definition) is 6. The van der Waals surface area contributed by atoms with Crippen LogP contribution >= 0.6 is 0 Å². The summed E-state index contributed by atoms with van der Waals surface area (Å²) in [6.45, 7) is 3.75. The molecule has 2 aromatic rings. The molecule has 0 aromatic heterocycles. The highest BCUT2D eigenvalue weighted by Crippen LogP contribution is 2.36. The summed E-state index contributed by atoms with van der Waals surface area (Å²) in [7, 11) is 0. The second-order valence-corrected chi connectivity index (χ2v) is 9.71. The van der Waals surface area contributed by atoms with Crippen molar-refractivity contribution in [3.8, 4) is 0 Å². The van der Waals surface area contributed by atoms with E-state index < -0.39 is 5.79 Å². The monoisotopic (exact) mass is 477 g/mol. The second-order valence-electron chi connectivity index (χ2n) is 9.71. The zero-order valence-corrected chi connectivity index (χ0v) is 19.8. The zero-order valence-electron chi connectivity index (χ0n) is 19.8. The van der Waals surface area contributed by atoms with Crippen molar-refractivity contribution in [3.63, 3.8) is 0 Å². The fraction of sp³-hybridized carbons (Fsp3) is 0.481. The van der Waals surface area contributed by atoms with Crippen molar-refractivity contribution in [3.05, 3.63) is 65.2 Å². The lowest BCUT2D eigenvalue weighted by molar-refractivity contribution is -0.181. The molecule has 1 N–H and O–H groups in total. The quantitative estimate of drug-likeness (QED) is 0.711. The summed E-state index contributed by atoms with van der Waals surface area (Å²) in [6.07, 6.45) is 3.12. The van der Waals surface area contributed by atoms with Crippen LogP contribution in [0.3, 0.4) is 0 Å². The molecule has 4 heterocycles. The number of ether oxygens (including phenoxy) is 3. The summed E-state index contributed by atoms with van der Waals surface area (Å²) in [6, 6.07) is 15.3. The summed E-state index contributed by atoms with van der Waals surface area (Å²) in [5.74, 6) is -0.491. The largest absolute Gasteiger partial charge is 0.376 e. The number of fused-ring (bicyclic) bond motifs is 1. The van der Waals surface area contributed by atoms with Gasteiger partial charge in [0.15, 0.2) is 5.79 Å². The molecule has 1 spiro atoms. The van der Waals surface area contributed by atoms with Gasteiger partial charge in [-0.05, 0) is 37.1 Å². The van der Waals surface area contributed by atoms with Gasteiger partial charge in [-0.3, -0.25) is 9.59 Å². The normalized spacial score (nSPS) is 25.3. The second kappa shape index (κ2) is 9.26. The first-order chi connectivity index (χ1) is 17.1. The van der Waals surface area contributed by atoms with Gasteiger partial charge < -0.3 is 29.3 Å². The van der Waals surface area contributed by atoms with Crippen molar-refractivity contribution < 1.29 is 23.8 Å². The van der Waals surface area contributed by atoms with Crippen molar-refractivity contribution in [2.45, 2.75) is 43.7 Å². The Hall–Kier alpha value is -2.94. The number of nitrogens with zero attached hydrogens (tertiary/aromatic N) is 2. The van der Waals surface area contributed by atoms with Crippen LogP contribution in [0.5, 0.6) is 0 Å². The zero-order chi connectivity index (χ0) is 23.8. The Labute approximate surface area is 205 Å². The topological polar surface area (TPSA) is 80.3 Å². The van der Waals surface area contributed by atoms with E-state index in [0.29, 0.717) is 56.8 Å². The van der Waals surface area contributed by atoms with Crippen molar-refractivity contribution in [2.24, 2.45) is 0 Å². The molecule has 4 aliphatic rings. The van der Waals surface area contributed by atoms with Gasteiger partial charge in [-0.1, -0.05) is 24.3 Å². The number of benzene rings is 2. The minimum Gasteiger partial charge on any atom is -0.376 e. The number of amides is 2. The predicted octanol–water partition coefficient (Wildman–Crippen LogP) is 3.41. The van der Waals surface area contributed by atoms with Crippen LogP contribution in [-0.4, -0.2) is 73.0 Å². The van der Waals surface area contributed by atoms with E-state index in [0.717, 1.165) is 30.7 Å². The van der Waals surface area contributed by atoms with Crippen molar-refractivity contribution in [1.29, 1.82) is 0 Å². The van der Waals surface area contributed by atoms with E-state index >= 15 is 0 Å². The fourth-order valence-corrected chi connectivity index (χ4v) is 5.64. The van der Waals surface area contributed by atoms with E-state index in [2.05, 4.69) is 5.32 Å². The average molecular weight is 478 g/mol. The lowest BCUT2D eigenvalue weighted by Gasteiger charge is -2.37. The standard InChI is InChI=1S/C27H31N3O5/c31-25(29-12-10-27(11-13-29)34-15-16-35-27)19-5-3-6-20(17-19)28-24-22-8-1-2-9-23(22)26(32)30(24)18-21-7-4-14-33-21/h1-3,5-6,8-9,17,21,24,28H,4,7,10-16,18H2. The number of rotatable bonds is 5. The van der Waals surface area contributed by atoms with Crippen LogP contribution in [0.2, 0.25) is 0 Å². The first-order valence-electron chi connectivity index (χ1n) is 12.6. The van der Waals surface area contributed by atoms with Crippen molar-refractivity contribution >= 4 is 17.5 Å². The Bertz CT molecular complexity index is 1100. The molecule has 0 bridgehead atoms. The molecule has 3 fully saturated rings. The number of hydrogen-bond donors (Lipinski definition) is 1. The third kappa shape index (κ3) is 4.30. The van der Waals surface area contributed by atoms with E-state index in [1.807, 2.05) is 58.3 Å². The van der Waals surface area contributed by atoms with Gasteiger partial charge in [-0.2, -0.15) is 0 Å². The molecule has 8 nitrogen and oxygen atoms in total. The van der Waals surface area contributed by atoms with Gasteiger partial charge in [0.25, 0.3) is 11.8 Å². The highest BCUT2D eigenvalue weighted by atomic mass is 16.7. The number of piperidine rings is 1. The Morgan fingerprint density at radius 3 is 2.60 bits per heavy atom. The molecule has 8 heteroatoms. The minimum absolute atomic E-state index is 0.000562. The summed E-state index contributed by atoms with van der Waals surface area (Å²) in [5.41, 5.74) is 3.10. The molecule has 2 unspecified atom stereocenters. The van der Waals surface area contributed by atoms with Crippen LogP contribution in [0.25, 0.3) is 0 Å². The maximum atomic E-state index is 13.3. The molecule has 4 aliphatic heterocycles. The van der Waals surface area contributed by atoms with E-state index in [1.165, 1.54) is 0 Å². The van der Waals surface area contributed by atoms with Crippen LogP contribution < -0.4 is 5.32 Å². The number of anilines is 1. The van der Waals surface area contributed by atoms with E-state index in [1.54, 1.807) is 0 Å². The maximum Gasteiger partial charge on any atom is 0.256 e. The number of carbonyl (C=O) groups is 2. The number of likely N-dealkylation sites (tertiary alicyclic amines) is 1. The lowest BCUT2D eigenvalue weighted by atomic mass is 10.0. The van der Waals surface area contributed by atoms with Crippen molar-refractivity contribution in [1.82, 2.24) is 9.80 Å². The average Bonchev–Trinajstić information content (AvgIpc) is 3.63. The van der Waals surface area contributed by atoms with Crippen LogP contribution in [0.1, 0.15) is 58.1 Å². The summed E-state index contributed by atoms with van der Waals surface area (Å²) in [4.78, 5) is 30.2. The van der Waals surface area contributed by atoms with Crippen LogP contribution in [-0.2, 0) is 14.2 Å². The van der Waals surface area contributed by atoms with E-state index in [9.17, 15) is 9.59 Å². The van der Waals surface area contributed by atoms with Gasteiger partial charge in [0, 0.05) is 61.5 Å². The third-order valence-electron chi connectivity index (χ3n) is 7.52. The minimum atomic E-state index is -0.505. The van der Waals surface area contributed by atoms with Gasteiger partial charge in [-0.15, -0.1) is 0 Å². The Morgan fingerprint density at radius 1 is 1.03 bits per heavy atom. The molecule has 0 aliphatic carbocycles. The van der Waals surface area contributed by atoms with Gasteiger partial charge >= 0.3 is 0 Å². The van der Waals surface area contributed by atoms with E-state index in [-0.39, 0.29) is 24.1 Å². The predicted molar refractivity (Wildman–Crippen MR) is 129 cm³/mol. The lowest BCUT2D eigenvalue weighted by Crippen LogP contribution is -2.47. The molecule has 184 valence electrons. The van der Waals surface area contributed by atoms with Crippen LogP contribution in [0.4, 0.5) is 5.69 Å². The summed E-state index contributed by atoms with van der Waals surface area (Å²) in [5, 5.41) is 3.53. The molecule has 35 heavy (non-hydrogen) atoms. The summed E-state index contributed by atoms with van der Waals surface area (Å²) >= 11 is 0. The van der Waals surface area contributed by atoms with Crippen LogP contribution in [0, 0.1) is 0 Å². The molecule has 2 amide bonds. The highest BCUT2D eigenvalue weighted by Gasteiger charge is 2.41. The number of nitrogens with one attached hydrogen (secondary N) is 1. The fourth-order valence-electron chi connectivity index (χ4n) is 5.64. The first-order valence-corrected chi connectivity index (χ1v) is 12.6. The molecule has 6 rings (SSSR count). The Balaban J connectivity index is 1.19. The molecular formula is C27H31N3O5. The number of carbonyl (C=O) groups excluding carboxylic acids is 2. The SMILES string of the molecule is O=C(c1cccc(NC2c3ccccc3C(=O)N2CC2CCCO2)c1)N1CCC2(CC1)OCCO2. The summed E-state index contributed by atoms with van der Waals surface area (Å²) < 4.78 is 17.4. The van der Waals surface area contributed by atoms with Crippen LogP contribution in [0.15, 0.2) is 48.5 Å². The van der Waals surface area contributed by atoms with Crippen molar-refractivity contribution in [2.75, 3.05) is 44.8 Å². The molecular weight excluding hydrogens is 446 g/mol.